The van der Waals surface area contributed by atoms with E-state index < -0.39 is 24.5 Å². The maximum Gasteiger partial charge on any atom is 0.326 e. The predicted octanol–water partition coefficient (Wildman–Crippen LogP) is 4.28. The lowest BCUT2D eigenvalue weighted by molar-refractivity contribution is -0.142. The molecule has 0 saturated carbocycles. The number of carboxylic acids is 1. The van der Waals surface area contributed by atoms with Crippen LogP contribution in [0.3, 0.4) is 0 Å². The molecule has 216 valence electrons. The van der Waals surface area contributed by atoms with Gasteiger partial charge < -0.3 is 24.6 Å². The Kier molecular flexibility index (Phi) is 7.44. The van der Waals surface area contributed by atoms with Gasteiger partial charge in [-0.25, -0.2) is 4.79 Å². The zero-order valence-electron chi connectivity index (χ0n) is 23.1. The molecule has 0 aliphatic carbocycles. The second-order valence-corrected chi connectivity index (χ2v) is 9.96. The predicted molar refractivity (Wildman–Crippen MR) is 159 cm³/mol. The summed E-state index contributed by atoms with van der Waals surface area (Å²) in [5, 5.41) is 21.7. The van der Waals surface area contributed by atoms with Crippen LogP contribution < -0.4 is 15.5 Å². The summed E-state index contributed by atoms with van der Waals surface area (Å²) in [5.74, 6) is -1.04. The number of aromatic nitrogens is 4. The van der Waals surface area contributed by atoms with Crippen molar-refractivity contribution in [1.29, 1.82) is 0 Å². The molecule has 1 unspecified atom stereocenters. The van der Waals surface area contributed by atoms with Crippen molar-refractivity contribution in [2.24, 2.45) is 0 Å². The van der Waals surface area contributed by atoms with E-state index in [1.807, 2.05) is 61.5 Å². The lowest BCUT2D eigenvalue weighted by Crippen LogP contribution is -2.44. The molecule has 3 N–H and O–H groups in total. The van der Waals surface area contributed by atoms with Crippen LogP contribution in [-0.4, -0.2) is 49.4 Å². The highest BCUT2D eigenvalue weighted by Gasteiger charge is 2.23. The van der Waals surface area contributed by atoms with Gasteiger partial charge in [0.1, 0.15) is 35.5 Å². The minimum absolute atomic E-state index is 0.104. The van der Waals surface area contributed by atoms with Crippen LogP contribution in [0, 0.1) is 0 Å². The summed E-state index contributed by atoms with van der Waals surface area (Å²) < 4.78 is 13.3. The third kappa shape index (κ3) is 5.47. The van der Waals surface area contributed by atoms with Crippen LogP contribution in [0.15, 0.2) is 94.7 Å². The summed E-state index contributed by atoms with van der Waals surface area (Å²) in [5.41, 5.74) is 3.38. The number of rotatable bonds is 10. The molecule has 0 radical (unpaired) electrons. The van der Waals surface area contributed by atoms with E-state index in [1.165, 1.54) is 12.6 Å². The Morgan fingerprint density at radius 1 is 1.07 bits per heavy atom. The number of para-hydroxylation sites is 2. The normalized spacial score (nSPS) is 11.9. The first-order chi connectivity index (χ1) is 20.9. The van der Waals surface area contributed by atoms with Crippen LogP contribution in [0.5, 0.6) is 5.75 Å². The Labute approximate surface area is 244 Å². The molecule has 0 aliphatic heterocycles. The molecule has 11 heteroatoms. The third-order valence-corrected chi connectivity index (χ3v) is 7.25. The molecule has 0 fully saturated rings. The summed E-state index contributed by atoms with van der Waals surface area (Å²) in [4.78, 5) is 41.4. The number of nitrogens with zero attached hydrogens (tertiary/aromatic N) is 3. The maximum absolute atomic E-state index is 13.5. The van der Waals surface area contributed by atoms with Crippen molar-refractivity contribution in [2.45, 2.75) is 25.8 Å². The first kappa shape index (κ1) is 27.5. The Morgan fingerprint density at radius 2 is 1.86 bits per heavy atom. The fraction of sp³-hybridized carbons (Fsp3) is 0.156. The van der Waals surface area contributed by atoms with Crippen LogP contribution in [0.1, 0.15) is 18.1 Å². The number of aliphatic carboxylic acids is 1. The van der Waals surface area contributed by atoms with E-state index in [2.05, 4.69) is 20.5 Å². The van der Waals surface area contributed by atoms with Gasteiger partial charge in [-0.1, -0.05) is 43.3 Å². The fourth-order valence-electron chi connectivity index (χ4n) is 5.06. The molecule has 1 atom stereocenters. The number of benzene rings is 3. The molecule has 0 bridgehead atoms. The van der Waals surface area contributed by atoms with E-state index >= 15 is 0 Å². The summed E-state index contributed by atoms with van der Waals surface area (Å²) in [6.45, 7) is 1.48. The lowest BCUT2D eigenvalue weighted by atomic mass is 10.0. The van der Waals surface area contributed by atoms with Crippen LogP contribution in [0.4, 0.5) is 0 Å². The van der Waals surface area contributed by atoms with Crippen LogP contribution >= 0.6 is 0 Å². The number of aromatic amines is 1. The molecule has 3 aromatic heterocycles. The zero-order valence-corrected chi connectivity index (χ0v) is 23.1. The van der Waals surface area contributed by atoms with Gasteiger partial charge in [0.2, 0.25) is 5.43 Å². The number of hydrogen-bond donors (Lipinski definition) is 3. The van der Waals surface area contributed by atoms with Crippen molar-refractivity contribution < 1.29 is 23.8 Å². The minimum atomic E-state index is -1.15. The lowest BCUT2D eigenvalue weighted by Gasteiger charge is -2.16. The molecule has 43 heavy (non-hydrogen) atoms. The number of hydrogen-bond acceptors (Lipinski definition) is 7. The average molecular weight is 578 g/mol. The molecule has 3 aromatic carbocycles. The van der Waals surface area contributed by atoms with Crippen LogP contribution in [-0.2, 0) is 22.4 Å². The second kappa shape index (κ2) is 11.6. The Morgan fingerprint density at radius 3 is 2.65 bits per heavy atom. The molecule has 6 rings (SSSR count). The van der Waals surface area contributed by atoms with E-state index in [0.29, 0.717) is 28.9 Å². The van der Waals surface area contributed by atoms with Gasteiger partial charge in [0, 0.05) is 35.3 Å². The van der Waals surface area contributed by atoms with Gasteiger partial charge in [0.25, 0.3) is 5.91 Å². The number of ether oxygens (including phenoxy) is 1. The number of aryl methyl sites for hydroxylation is 1. The highest BCUT2D eigenvalue weighted by atomic mass is 16.5. The smallest absolute Gasteiger partial charge is 0.326 e. The van der Waals surface area contributed by atoms with E-state index in [-0.39, 0.29) is 23.0 Å². The average Bonchev–Trinajstić information content (AvgIpc) is 3.68. The van der Waals surface area contributed by atoms with Crippen molar-refractivity contribution in [3.8, 4) is 22.8 Å². The number of H-pyrrole nitrogens is 1. The number of nitrogens with one attached hydrogen (secondary N) is 2. The number of carbonyl (C=O) groups excluding carboxylic acids is 1. The SMILES string of the molecule is CCc1cc2c(=O)c(-c3nncn3-c3ccccc3)coc2cc1OCC(=O)NC(Cc1c[nH]c2ccccc12)C(=O)O. The Hall–Kier alpha value is -5.71. The molecule has 1 amide bonds. The Bertz CT molecular complexity index is 2010. The first-order valence-corrected chi connectivity index (χ1v) is 13.7. The quantitative estimate of drug-likeness (QED) is 0.218. The van der Waals surface area contributed by atoms with Gasteiger partial charge in [-0.3, -0.25) is 14.2 Å². The summed E-state index contributed by atoms with van der Waals surface area (Å²) in [7, 11) is 0. The largest absolute Gasteiger partial charge is 0.483 e. The summed E-state index contributed by atoms with van der Waals surface area (Å²) in [6, 6.07) is 19.1. The van der Waals surface area contributed by atoms with E-state index in [9.17, 15) is 19.5 Å². The molecule has 0 aliphatic rings. The minimum Gasteiger partial charge on any atom is -0.483 e. The fourth-order valence-corrected chi connectivity index (χ4v) is 5.06. The van der Waals surface area contributed by atoms with Crippen LogP contribution in [0.2, 0.25) is 0 Å². The van der Waals surface area contributed by atoms with Crippen molar-refractivity contribution >= 4 is 33.7 Å². The van der Waals surface area contributed by atoms with Crippen LogP contribution in [0.25, 0.3) is 38.9 Å². The molecular formula is C32H27N5O6. The molecule has 0 saturated heterocycles. The van der Waals surface area contributed by atoms with E-state index in [1.54, 1.807) is 22.9 Å². The molecule has 3 heterocycles. The van der Waals surface area contributed by atoms with Gasteiger partial charge in [-0.05, 0) is 41.8 Å². The molecule has 6 aromatic rings. The van der Waals surface area contributed by atoms with Gasteiger partial charge in [-0.2, -0.15) is 0 Å². The zero-order chi connectivity index (χ0) is 29.9. The number of amides is 1. The standard InChI is InChI=1S/C32H27N5O6/c1-2-19-12-23-28(42-16-24(30(23)39)31-36-34-18-37(31)21-8-4-3-5-9-21)14-27(19)43-17-29(38)35-26(32(40)41)13-20-15-33-25-11-7-6-10-22(20)25/h3-12,14-16,18,26,33H,2,13,17H2,1H3,(H,35,38)(H,40,41). The number of carbonyl (C=O) groups is 2. The third-order valence-electron chi connectivity index (χ3n) is 7.25. The maximum atomic E-state index is 13.5. The number of fused-ring (bicyclic) bond motifs is 2. The molecular weight excluding hydrogens is 550 g/mol. The van der Waals surface area contributed by atoms with Crippen molar-refractivity contribution in [1.82, 2.24) is 25.1 Å². The molecule has 0 spiro atoms. The van der Waals surface area contributed by atoms with Crippen molar-refractivity contribution in [3.63, 3.8) is 0 Å². The summed E-state index contributed by atoms with van der Waals surface area (Å²) >= 11 is 0. The van der Waals surface area contributed by atoms with Gasteiger partial charge in [0.15, 0.2) is 12.4 Å². The highest BCUT2D eigenvalue weighted by Crippen LogP contribution is 2.28. The summed E-state index contributed by atoms with van der Waals surface area (Å²) in [6.07, 6.45) is 5.22. The van der Waals surface area contributed by atoms with E-state index in [0.717, 1.165) is 22.2 Å². The molecule has 11 nitrogen and oxygen atoms in total. The highest BCUT2D eigenvalue weighted by molar-refractivity contribution is 5.87. The van der Waals surface area contributed by atoms with Crippen molar-refractivity contribution in [2.75, 3.05) is 6.61 Å². The first-order valence-electron chi connectivity index (χ1n) is 13.7. The van der Waals surface area contributed by atoms with E-state index in [4.69, 9.17) is 9.15 Å². The Balaban J connectivity index is 1.20. The van der Waals surface area contributed by atoms with Gasteiger partial charge in [-0.15, -0.1) is 10.2 Å². The second-order valence-electron chi connectivity index (χ2n) is 9.96. The number of carboxylic acid groups (broad SMARTS) is 1. The van der Waals surface area contributed by atoms with Gasteiger partial charge in [0.05, 0.1) is 5.39 Å². The monoisotopic (exact) mass is 577 g/mol. The topological polar surface area (TPSA) is 152 Å². The van der Waals surface area contributed by atoms with Gasteiger partial charge >= 0.3 is 5.97 Å². The van der Waals surface area contributed by atoms with Crippen molar-refractivity contribution in [3.05, 3.63) is 107 Å².